The zero-order valence-corrected chi connectivity index (χ0v) is 20.0. The molecular weight excluding hydrogens is 396 g/mol. The van der Waals surface area contributed by atoms with Crippen molar-refractivity contribution in [2.75, 3.05) is 6.54 Å². The van der Waals surface area contributed by atoms with E-state index < -0.39 is 0 Å². The van der Waals surface area contributed by atoms with Crippen LogP contribution in [-0.4, -0.2) is 23.9 Å². The van der Waals surface area contributed by atoms with Gasteiger partial charge in [-0.2, -0.15) is 0 Å². The monoisotopic (exact) mass is 436 g/mol. The second-order valence-electron chi connectivity index (χ2n) is 8.19. The summed E-state index contributed by atoms with van der Waals surface area (Å²) < 4.78 is 0. The van der Waals surface area contributed by atoms with E-state index in [1.807, 2.05) is 56.4 Å². The number of ketones is 1. The lowest BCUT2D eigenvalue weighted by Gasteiger charge is -2.13. The van der Waals surface area contributed by atoms with Crippen molar-refractivity contribution >= 4 is 23.5 Å². The third-order valence-electron chi connectivity index (χ3n) is 5.24. The molecule has 0 radical (unpaired) electrons. The number of nitrogens with one attached hydrogen (secondary N) is 2. The maximum absolute atomic E-state index is 12.5. The summed E-state index contributed by atoms with van der Waals surface area (Å²) in [7, 11) is 0. The molecule has 0 aromatic heterocycles. The van der Waals surface area contributed by atoms with Crippen LogP contribution in [0.2, 0.25) is 0 Å². The first-order valence-electron chi connectivity index (χ1n) is 11.8. The summed E-state index contributed by atoms with van der Waals surface area (Å²) >= 11 is 0. The van der Waals surface area contributed by atoms with E-state index in [0.29, 0.717) is 31.5 Å². The highest BCUT2D eigenvalue weighted by atomic mass is 16.1. The molecule has 0 fully saturated rings. The van der Waals surface area contributed by atoms with Crippen molar-refractivity contribution in [1.82, 2.24) is 5.32 Å². The molecule has 4 nitrogen and oxygen atoms in total. The van der Waals surface area contributed by atoms with Gasteiger partial charge in [0.05, 0.1) is 5.92 Å². The molecule has 32 heavy (non-hydrogen) atoms. The van der Waals surface area contributed by atoms with Crippen LogP contribution in [0.5, 0.6) is 0 Å². The number of rotatable bonds is 16. The number of carbonyl (C=O) groups excluding carboxylic acids is 2. The van der Waals surface area contributed by atoms with Gasteiger partial charge in [0.15, 0.2) is 0 Å². The number of unbranched alkanes of at least 4 members (excludes halogenated alkanes) is 1. The molecule has 4 heteroatoms. The van der Waals surface area contributed by atoms with Crippen molar-refractivity contribution in [1.29, 1.82) is 5.41 Å². The van der Waals surface area contributed by atoms with Crippen LogP contribution in [0.3, 0.4) is 0 Å². The van der Waals surface area contributed by atoms with Crippen molar-refractivity contribution in [3.8, 4) is 0 Å². The number of Topliss-reactive ketones (excluding diaryl/α,β-unsaturated/α-hetero) is 1. The molecule has 0 aliphatic heterocycles. The van der Waals surface area contributed by atoms with Gasteiger partial charge in [0.1, 0.15) is 5.78 Å². The maximum Gasteiger partial charge on any atom is 0.226 e. The fourth-order valence-electron chi connectivity index (χ4n) is 3.41. The molecule has 0 spiro atoms. The fourth-order valence-corrected chi connectivity index (χ4v) is 3.41. The van der Waals surface area contributed by atoms with Gasteiger partial charge >= 0.3 is 0 Å². The predicted octanol–water partition coefficient (Wildman–Crippen LogP) is 6.47. The van der Waals surface area contributed by atoms with Crippen LogP contribution in [0.15, 0.2) is 54.6 Å². The van der Waals surface area contributed by atoms with Crippen molar-refractivity contribution in [3.63, 3.8) is 0 Å². The minimum atomic E-state index is -0.0605. The highest BCUT2D eigenvalue weighted by molar-refractivity contribution is 5.82. The van der Waals surface area contributed by atoms with Gasteiger partial charge < -0.3 is 10.7 Å². The van der Waals surface area contributed by atoms with Crippen LogP contribution >= 0.6 is 0 Å². The molecule has 1 atom stereocenters. The largest absolute Gasteiger partial charge is 0.355 e. The lowest BCUT2D eigenvalue weighted by molar-refractivity contribution is -0.123. The Morgan fingerprint density at radius 1 is 1.03 bits per heavy atom. The quantitative estimate of drug-likeness (QED) is 0.177. The van der Waals surface area contributed by atoms with Gasteiger partial charge in [0.25, 0.3) is 0 Å². The van der Waals surface area contributed by atoms with E-state index in [4.69, 9.17) is 5.41 Å². The molecule has 174 valence electrons. The molecular formula is C28H40N2O2. The van der Waals surface area contributed by atoms with E-state index in [1.165, 1.54) is 5.56 Å². The Kier molecular flexibility index (Phi) is 14.4. The van der Waals surface area contributed by atoms with E-state index >= 15 is 0 Å². The van der Waals surface area contributed by atoms with E-state index in [-0.39, 0.29) is 17.6 Å². The number of benzene rings is 1. The van der Waals surface area contributed by atoms with Crippen molar-refractivity contribution in [3.05, 3.63) is 65.8 Å². The molecule has 0 bridgehead atoms. The molecule has 0 aliphatic rings. The summed E-state index contributed by atoms with van der Waals surface area (Å²) in [6.45, 7) is 6.37. The van der Waals surface area contributed by atoms with Gasteiger partial charge in [-0.25, -0.2) is 0 Å². The molecule has 1 unspecified atom stereocenters. The minimum Gasteiger partial charge on any atom is -0.355 e. The van der Waals surface area contributed by atoms with Crippen LogP contribution in [-0.2, 0) is 16.0 Å². The standard InChI is InChI=1S/C28H40N2O2/c1-4-6-7-8-14-26(11-5-2)28(32)30-22-21-25-19-17-24(18-20-25)13-10-16-27(31)15-9-12-23(3)29/h4-6,10-11,13,17-20,26,29H,7-9,12,14-16,21-22H2,1-3H3,(H,30,32). The molecule has 1 aromatic carbocycles. The summed E-state index contributed by atoms with van der Waals surface area (Å²) in [6.07, 6.45) is 18.1. The number of hydrogen-bond donors (Lipinski definition) is 2. The predicted molar refractivity (Wildman–Crippen MR) is 136 cm³/mol. The fraction of sp³-hybridized carbons (Fsp3) is 0.464. The Bertz CT molecular complexity index is 788. The summed E-state index contributed by atoms with van der Waals surface area (Å²) in [5.41, 5.74) is 2.87. The molecule has 0 saturated heterocycles. The summed E-state index contributed by atoms with van der Waals surface area (Å²) in [4.78, 5) is 24.3. The molecule has 0 aliphatic carbocycles. The third-order valence-corrected chi connectivity index (χ3v) is 5.24. The normalized spacial score (nSPS) is 12.6. The highest BCUT2D eigenvalue weighted by Gasteiger charge is 2.13. The first-order chi connectivity index (χ1) is 15.5. The highest BCUT2D eigenvalue weighted by Crippen LogP contribution is 2.12. The van der Waals surface area contributed by atoms with Crippen LogP contribution in [0.25, 0.3) is 6.08 Å². The van der Waals surface area contributed by atoms with Crippen LogP contribution in [0, 0.1) is 11.3 Å². The molecule has 0 saturated carbocycles. The van der Waals surface area contributed by atoms with Crippen molar-refractivity contribution in [2.24, 2.45) is 5.92 Å². The number of amides is 1. The van der Waals surface area contributed by atoms with Gasteiger partial charge in [-0.3, -0.25) is 9.59 Å². The Morgan fingerprint density at radius 2 is 1.78 bits per heavy atom. The summed E-state index contributed by atoms with van der Waals surface area (Å²) in [5, 5.41) is 10.5. The maximum atomic E-state index is 12.5. The van der Waals surface area contributed by atoms with Gasteiger partial charge in [-0.05, 0) is 70.4 Å². The summed E-state index contributed by atoms with van der Waals surface area (Å²) in [6, 6.07) is 8.23. The van der Waals surface area contributed by atoms with Gasteiger partial charge in [0.2, 0.25) is 5.91 Å². The Morgan fingerprint density at radius 3 is 2.44 bits per heavy atom. The molecule has 1 amide bonds. The van der Waals surface area contributed by atoms with Gasteiger partial charge in [0, 0.05) is 25.1 Å². The Balaban J connectivity index is 2.38. The van der Waals surface area contributed by atoms with Crippen LogP contribution < -0.4 is 5.32 Å². The summed E-state index contributed by atoms with van der Waals surface area (Å²) in [5.74, 6) is 0.256. The zero-order chi connectivity index (χ0) is 23.6. The van der Waals surface area contributed by atoms with E-state index in [9.17, 15) is 9.59 Å². The SMILES string of the molecule is CC=CCCCC(C=CC)C(=O)NCCc1ccc(C=CCC(=O)CCCC(C)=N)cc1. The van der Waals surface area contributed by atoms with Crippen LogP contribution in [0.4, 0.5) is 0 Å². The van der Waals surface area contributed by atoms with E-state index in [0.717, 1.165) is 37.7 Å². The molecule has 1 rings (SSSR count). The first-order valence-corrected chi connectivity index (χ1v) is 11.8. The molecule has 0 heterocycles. The minimum absolute atomic E-state index is 0.0605. The first kappa shape index (κ1) is 27.3. The average Bonchev–Trinajstić information content (AvgIpc) is 2.76. The lowest BCUT2D eigenvalue weighted by atomic mass is 10.00. The number of hydrogen-bond acceptors (Lipinski definition) is 3. The molecule has 1 aromatic rings. The van der Waals surface area contributed by atoms with Crippen LogP contribution in [0.1, 0.15) is 76.8 Å². The van der Waals surface area contributed by atoms with Crippen molar-refractivity contribution < 1.29 is 9.59 Å². The lowest BCUT2D eigenvalue weighted by Crippen LogP contribution is -2.31. The second kappa shape index (κ2) is 16.9. The Labute approximate surface area is 194 Å². The second-order valence-corrected chi connectivity index (χ2v) is 8.19. The smallest absolute Gasteiger partial charge is 0.226 e. The zero-order valence-electron chi connectivity index (χ0n) is 20.0. The van der Waals surface area contributed by atoms with E-state index in [1.54, 1.807) is 6.92 Å². The Hall–Kier alpha value is -2.75. The van der Waals surface area contributed by atoms with Crippen molar-refractivity contribution in [2.45, 2.75) is 72.1 Å². The van der Waals surface area contributed by atoms with E-state index in [2.05, 4.69) is 23.5 Å². The van der Waals surface area contributed by atoms with Gasteiger partial charge in [-0.15, -0.1) is 0 Å². The topological polar surface area (TPSA) is 70.0 Å². The number of allylic oxidation sites excluding steroid dienone is 4. The van der Waals surface area contributed by atoms with Gasteiger partial charge in [-0.1, -0.05) is 60.7 Å². The third kappa shape index (κ3) is 12.8. The number of carbonyl (C=O) groups is 2. The molecule has 2 N–H and O–H groups in total. The average molecular weight is 437 g/mol.